The third-order valence-electron chi connectivity index (χ3n) is 3.23. The lowest BCUT2D eigenvalue weighted by atomic mass is 10.0. The van der Waals surface area contributed by atoms with Gasteiger partial charge in [0.05, 0.1) is 0 Å². The molecule has 96 valence electrons. The summed E-state index contributed by atoms with van der Waals surface area (Å²) in [5, 5.41) is 3.20. The molecule has 0 aliphatic heterocycles. The molecule has 2 rings (SSSR count). The number of unbranched alkanes of at least 4 members (excludes halogenated alkanes) is 4. The Kier molecular flexibility index (Phi) is 5.40. The highest BCUT2D eigenvalue weighted by atomic mass is 32.1. The van der Waals surface area contributed by atoms with Crippen LogP contribution in [0.2, 0.25) is 0 Å². The quantitative estimate of drug-likeness (QED) is 0.613. The van der Waals surface area contributed by atoms with Gasteiger partial charge >= 0.3 is 0 Å². The average molecular weight is 259 g/mol. The second-order valence-electron chi connectivity index (χ2n) is 4.66. The number of nitrogens with zero attached hydrogens (tertiary/aromatic N) is 1. The van der Waals surface area contributed by atoms with Gasteiger partial charge in [-0.15, -0.1) is 11.3 Å². The monoisotopic (exact) mass is 259 g/mol. The molecule has 1 heterocycles. The Morgan fingerprint density at radius 1 is 1.06 bits per heavy atom. The third kappa shape index (κ3) is 3.67. The highest BCUT2D eigenvalue weighted by Crippen LogP contribution is 2.26. The SMILES string of the molecule is CCCCCCCc1ccccc1-c1nccs1. The lowest BCUT2D eigenvalue weighted by Gasteiger charge is -2.07. The first-order valence-corrected chi connectivity index (χ1v) is 7.77. The molecule has 0 bridgehead atoms. The number of hydrogen-bond donors (Lipinski definition) is 0. The Balaban J connectivity index is 1.96. The van der Waals surface area contributed by atoms with Crippen molar-refractivity contribution in [3.63, 3.8) is 0 Å². The fourth-order valence-corrected chi connectivity index (χ4v) is 2.92. The Labute approximate surface area is 114 Å². The maximum absolute atomic E-state index is 4.42. The molecule has 0 radical (unpaired) electrons. The fourth-order valence-electron chi connectivity index (χ4n) is 2.22. The third-order valence-corrected chi connectivity index (χ3v) is 4.04. The van der Waals surface area contributed by atoms with Crippen LogP contribution in [0.15, 0.2) is 35.8 Å². The van der Waals surface area contributed by atoms with Crippen LogP contribution in [0.3, 0.4) is 0 Å². The summed E-state index contributed by atoms with van der Waals surface area (Å²) < 4.78 is 0. The van der Waals surface area contributed by atoms with Gasteiger partial charge in [-0.1, -0.05) is 56.9 Å². The van der Waals surface area contributed by atoms with E-state index in [0.29, 0.717) is 0 Å². The van der Waals surface area contributed by atoms with Crippen LogP contribution in [-0.2, 0) is 6.42 Å². The predicted molar refractivity (Wildman–Crippen MR) is 80.0 cm³/mol. The normalized spacial score (nSPS) is 10.7. The Morgan fingerprint density at radius 3 is 2.67 bits per heavy atom. The molecule has 0 amide bonds. The van der Waals surface area contributed by atoms with Gasteiger partial charge in [-0.05, 0) is 18.4 Å². The summed E-state index contributed by atoms with van der Waals surface area (Å²) in [7, 11) is 0. The molecular formula is C16H21NS. The molecule has 2 aromatic rings. The van der Waals surface area contributed by atoms with Gasteiger partial charge in [-0.3, -0.25) is 0 Å². The van der Waals surface area contributed by atoms with Gasteiger partial charge in [0.1, 0.15) is 5.01 Å². The van der Waals surface area contributed by atoms with E-state index in [1.165, 1.54) is 49.7 Å². The first-order chi connectivity index (χ1) is 8.92. The lowest BCUT2D eigenvalue weighted by molar-refractivity contribution is 0.632. The number of aromatic nitrogens is 1. The van der Waals surface area contributed by atoms with E-state index in [4.69, 9.17) is 0 Å². The summed E-state index contributed by atoms with van der Waals surface area (Å²) in [6.45, 7) is 2.26. The lowest BCUT2D eigenvalue weighted by Crippen LogP contribution is -1.90. The first kappa shape index (κ1) is 13.3. The van der Waals surface area contributed by atoms with Gasteiger partial charge in [0.15, 0.2) is 0 Å². The van der Waals surface area contributed by atoms with E-state index >= 15 is 0 Å². The molecule has 0 saturated carbocycles. The van der Waals surface area contributed by atoms with Crippen molar-refractivity contribution < 1.29 is 0 Å². The van der Waals surface area contributed by atoms with Crippen molar-refractivity contribution in [1.29, 1.82) is 0 Å². The zero-order valence-electron chi connectivity index (χ0n) is 11.1. The molecule has 0 aliphatic rings. The fraction of sp³-hybridized carbons (Fsp3) is 0.438. The van der Waals surface area contributed by atoms with Crippen LogP contribution in [0.25, 0.3) is 10.6 Å². The highest BCUT2D eigenvalue weighted by Gasteiger charge is 2.06. The van der Waals surface area contributed by atoms with Gasteiger partial charge in [0.25, 0.3) is 0 Å². The van der Waals surface area contributed by atoms with E-state index in [-0.39, 0.29) is 0 Å². The summed E-state index contributed by atoms with van der Waals surface area (Å²) in [4.78, 5) is 4.42. The van der Waals surface area contributed by atoms with Gasteiger partial charge in [-0.2, -0.15) is 0 Å². The minimum Gasteiger partial charge on any atom is -0.245 e. The molecule has 1 aromatic carbocycles. The molecule has 1 nitrogen and oxygen atoms in total. The van der Waals surface area contributed by atoms with E-state index in [2.05, 4.69) is 36.2 Å². The molecule has 0 fully saturated rings. The number of aryl methyl sites for hydroxylation is 1. The maximum Gasteiger partial charge on any atom is 0.123 e. The molecular weight excluding hydrogens is 238 g/mol. The van der Waals surface area contributed by atoms with Gasteiger partial charge in [0, 0.05) is 17.1 Å². The van der Waals surface area contributed by atoms with Crippen molar-refractivity contribution in [2.45, 2.75) is 45.4 Å². The number of benzene rings is 1. The predicted octanol–water partition coefficient (Wildman–Crippen LogP) is 5.32. The standard InChI is InChI=1S/C16H21NS/c1-2-3-4-5-6-9-14-10-7-8-11-15(14)16-17-12-13-18-16/h7-8,10-13H,2-6,9H2,1H3. The zero-order valence-corrected chi connectivity index (χ0v) is 11.9. The highest BCUT2D eigenvalue weighted by molar-refractivity contribution is 7.13. The molecule has 0 saturated heterocycles. The van der Waals surface area contributed by atoms with Gasteiger partial charge in [0.2, 0.25) is 0 Å². The maximum atomic E-state index is 4.42. The van der Waals surface area contributed by atoms with Crippen molar-refractivity contribution in [1.82, 2.24) is 4.98 Å². The second-order valence-corrected chi connectivity index (χ2v) is 5.55. The molecule has 0 atom stereocenters. The Morgan fingerprint density at radius 2 is 1.89 bits per heavy atom. The Bertz CT molecular complexity index is 448. The van der Waals surface area contributed by atoms with E-state index in [1.807, 2.05) is 11.6 Å². The van der Waals surface area contributed by atoms with E-state index in [0.717, 1.165) is 5.01 Å². The van der Waals surface area contributed by atoms with Crippen LogP contribution in [0.1, 0.15) is 44.6 Å². The van der Waals surface area contributed by atoms with Crippen molar-refractivity contribution >= 4 is 11.3 Å². The van der Waals surface area contributed by atoms with Crippen molar-refractivity contribution in [2.75, 3.05) is 0 Å². The summed E-state index contributed by atoms with van der Waals surface area (Å²) in [6.07, 6.45) is 9.76. The van der Waals surface area contributed by atoms with Gasteiger partial charge < -0.3 is 0 Å². The molecule has 1 aromatic heterocycles. The van der Waals surface area contributed by atoms with Crippen molar-refractivity contribution in [2.24, 2.45) is 0 Å². The zero-order chi connectivity index (χ0) is 12.6. The average Bonchev–Trinajstić information content (AvgIpc) is 2.93. The van der Waals surface area contributed by atoms with Crippen LogP contribution in [0, 0.1) is 0 Å². The first-order valence-electron chi connectivity index (χ1n) is 6.89. The van der Waals surface area contributed by atoms with E-state index in [1.54, 1.807) is 11.3 Å². The van der Waals surface area contributed by atoms with E-state index in [9.17, 15) is 0 Å². The minimum atomic E-state index is 1.15. The van der Waals surface area contributed by atoms with Crippen molar-refractivity contribution in [3.8, 4) is 10.6 Å². The van der Waals surface area contributed by atoms with Crippen molar-refractivity contribution in [3.05, 3.63) is 41.4 Å². The van der Waals surface area contributed by atoms with Crippen LogP contribution < -0.4 is 0 Å². The largest absolute Gasteiger partial charge is 0.245 e. The van der Waals surface area contributed by atoms with Crippen LogP contribution in [-0.4, -0.2) is 4.98 Å². The number of rotatable bonds is 7. The van der Waals surface area contributed by atoms with E-state index < -0.39 is 0 Å². The Hall–Kier alpha value is -1.15. The molecule has 18 heavy (non-hydrogen) atoms. The van der Waals surface area contributed by atoms with Gasteiger partial charge in [-0.25, -0.2) is 4.98 Å². The van der Waals surface area contributed by atoms with Crippen LogP contribution in [0.4, 0.5) is 0 Å². The van der Waals surface area contributed by atoms with Crippen LogP contribution in [0.5, 0.6) is 0 Å². The summed E-state index contributed by atoms with van der Waals surface area (Å²) in [5.74, 6) is 0. The summed E-state index contributed by atoms with van der Waals surface area (Å²) in [5.41, 5.74) is 2.77. The van der Waals surface area contributed by atoms with Crippen LogP contribution >= 0.6 is 11.3 Å². The molecule has 0 aliphatic carbocycles. The number of thiazole rings is 1. The minimum absolute atomic E-state index is 1.15. The molecule has 0 spiro atoms. The smallest absolute Gasteiger partial charge is 0.123 e. The summed E-state index contributed by atoms with van der Waals surface area (Å²) in [6, 6.07) is 8.69. The number of hydrogen-bond acceptors (Lipinski definition) is 2. The summed E-state index contributed by atoms with van der Waals surface area (Å²) >= 11 is 1.73. The second kappa shape index (κ2) is 7.32. The topological polar surface area (TPSA) is 12.9 Å². The molecule has 2 heteroatoms. The molecule has 0 unspecified atom stereocenters. The molecule has 0 N–H and O–H groups in total.